The van der Waals surface area contributed by atoms with E-state index in [4.69, 9.17) is 5.11 Å². The summed E-state index contributed by atoms with van der Waals surface area (Å²) in [4.78, 5) is 22.9. The highest BCUT2D eigenvalue weighted by Crippen LogP contribution is 2.18. The summed E-state index contributed by atoms with van der Waals surface area (Å²) in [5.74, 6) is -3.35. The van der Waals surface area contributed by atoms with Crippen LogP contribution in [0.3, 0.4) is 0 Å². The molecule has 0 saturated carbocycles. The summed E-state index contributed by atoms with van der Waals surface area (Å²) in [7, 11) is 0. The van der Waals surface area contributed by atoms with Crippen LogP contribution in [0.2, 0.25) is 0 Å². The molecule has 104 valence electrons. The number of benzene rings is 1. The van der Waals surface area contributed by atoms with Crippen molar-refractivity contribution in [2.24, 2.45) is 5.92 Å². The lowest BCUT2D eigenvalue weighted by molar-refractivity contribution is -0.140. The molecule has 0 spiro atoms. The van der Waals surface area contributed by atoms with Crippen molar-refractivity contribution in [2.45, 2.75) is 26.3 Å². The smallest absolute Gasteiger partial charge is 0.326 e. The molecule has 0 bridgehead atoms. The number of carbonyl (C=O) groups is 2. The summed E-state index contributed by atoms with van der Waals surface area (Å²) in [5.41, 5.74) is -0.157. The zero-order chi connectivity index (χ0) is 14.6. The fraction of sp³-hybridized carbons (Fsp3) is 0.385. The predicted molar refractivity (Wildman–Crippen MR) is 66.4 cm³/mol. The molecular formula is C13H16FNO4. The van der Waals surface area contributed by atoms with Crippen LogP contribution >= 0.6 is 0 Å². The van der Waals surface area contributed by atoms with Crippen LogP contribution < -0.4 is 5.32 Å². The van der Waals surface area contributed by atoms with Crippen LogP contribution in [0.5, 0.6) is 5.75 Å². The maximum Gasteiger partial charge on any atom is 0.326 e. The van der Waals surface area contributed by atoms with E-state index < -0.39 is 29.5 Å². The number of aromatic hydroxyl groups is 1. The van der Waals surface area contributed by atoms with Gasteiger partial charge in [-0.3, -0.25) is 4.79 Å². The summed E-state index contributed by atoms with van der Waals surface area (Å²) in [6.07, 6.45) is 0.576. The number of carboxylic acid groups (broad SMARTS) is 1. The first kappa shape index (κ1) is 14.9. The highest BCUT2D eigenvalue weighted by atomic mass is 19.1. The number of halogens is 1. The highest BCUT2D eigenvalue weighted by Gasteiger charge is 2.26. The largest absolute Gasteiger partial charge is 0.507 e. The molecular weight excluding hydrogens is 253 g/mol. The van der Waals surface area contributed by atoms with Gasteiger partial charge in [0.15, 0.2) is 0 Å². The number of carboxylic acids is 1. The average Bonchev–Trinajstić information content (AvgIpc) is 2.34. The van der Waals surface area contributed by atoms with Crippen LogP contribution in [0.1, 0.15) is 30.6 Å². The molecule has 6 heteroatoms. The standard InChI is InChI=1S/C13H16FNO4/c1-3-7(2)11(13(18)19)15-12(17)9-5-4-8(14)6-10(9)16/h4-7,11,16H,3H2,1-2H3,(H,15,17)(H,18,19)/t7?,11-/m0/s1. The monoisotopic (exact) mass is 269 g/mol. The van der Waals surface area contributed by atoms with Crippen molar-refractivity contribution in [2.75, 3.05) is 0 Å². The van der Waals surface area contributed by atoms with Gasteiger partial charge in [-0.25, -0.2) is 9.18 Å². The fourth-order valence-electron chi connectivity index (χ4n) is 1.60. The molecule has 0 aliphatic rings. The molecule has 0 aromatic heterocycles. The zero-order valence-corrected chi connectivity index (χ0v) is 10.7. The summed E-state index contributed by atoms with van der Waals surface area (Å²) < 4.78 is 12.8. The quantitative estimate of drug-likeness (QED) is 0.760. The zero-order valence-electron chi connectivity index (χ0n) is 10.7. The van der Waals surface area contributed by atoms with E-state index in [2.05, 4.69) is 5.32 Å². The van der Waals surface area contributed by atoms with Crippen LogP contribution in [0.4, 0.5) is 4.39 Å². The molecule has 0 saturated heterocycles. The summed E-state index contributed by atoms with van der Waals surface area (Å²) in [6.45, 7) is 3.51. The second-order valence-corrected chi connectivity index (χ2v) is 4.34. The summed E-state index contributed by atoms with van der Waals surface area (Å²) in [6, 6.07) is 1.87. The first-order chi connectivity index (χ1) is 8.86. The van der Waals surface area contributed by atoms with Gasteiger partial charge >= 0.3 is 5.97 Å². The van der Waals surface area contributed by atoms with Crippen molar-refractivity contribution < 1.29 is 24.2 Å². The van der Waals surface area contributed by atoms with Crippen molar-refractivity contribution in [3.8, 4) is 5.75 Å². The molecule has 19 heavy (non-hydrogen) atoms. The second kappa shape index (κ2) is 6.17. The average molecular weight is 269 g/mol. The van der Waals surface area contributed by atoms with Gasteiger partial charge in [-0.15, -0.1) is 0 Å². The van der Waals surface area contributed by atoms with Crippen LogP contribution in [0.15, 0.2) is 18.2 Å². The van der Waals surface area contributed by atoms with Crippen LogP contribution in [0, 0.1) is 11.7 Å². The number of aliphatic carboxylic acids is 1. The summed E-state index contributed by atoms with van der Waals surface area (Å²) >= 11 is 0. The number of hydrogen-bond acceptors (Lipinski definition) is 3. The first-order valence-electron chi connectivity index (χ1n) is 5.89. The predicted octanol–water partition coefficient (Wildman–Crippen LogP) is 1.76. The maximum atomic E-state index is 12.8. The van der Waals surface area contributed by atoms with E-state index in [1.54, 1.807) is 6.92 Å². The SMILES string of the molecule is CCC(C)[C@H](NC(=O)c1ccc(F)cc1O)C(=O)O. The van der Waals surface area contributed by atoms with Gasteiger partial charge in [0.05, 0.1) is 5.56 Å². The van der Waals surface area contributed by atoms with Crippen molar-refractivity contribution in [1.82, 2.24) is 5.32 Å². The lowest BCUT2D eigenvalue weighted by Crippen LogP contribution is -2.45. The van der Waals surface area contributed by atoms with Crippen molar-refractivity contribution in [1.29, 1.82) is 0 Å². The van der Waals surface area contributed by atoms with Crippen LogP contribution in [0.25, 0.3) is 0 Å². The van der Waals surface area contributed by atoms with E-state index in [0.717, 1.165) is 18.2 Å². The minimum atomic E-state index is -1.15. The van der Waals surface area contributed by atoms with E-state index in [1.807, 2.05) is 6.92 Å². The third-order valence-electron chi connectivity index (χ3n) is 2.97. The minimum absolute atomic E-state index is 0.157. The normalized spacial score (nSPS) is 13.6. The summed E-state index contributed by atoms with van der Waals surface area (Å²) in [5, 5.41) is 20.8. The number of phenols is 1. The number of phenolic OH excluding ortho intramolecular Hbond substituents is 1. The second-order valence-electron chi connectivity index (χ2n) is 4.34. The third kappa shape index (κ3) is 3.67. The van der Waals surface area contributed by atoms with E-state index in [0.29, 0.717) is 6.42 Å². The highest BCUT2D eigenvalue weighted by molar-refractivity contribution is 5.98. The molecule has 1 amide bonds. The van der Waals surface area contributed by atoms with Gasteiger partial charge in [-0.1, -0.05) is 20.3 Å². The Bertz CT molecular complexity index is 490. The molecule has 1 rings (SSSR count). The van der Waals surface area contributed by atoms with Gasteiger partial charge in [0.1, 0.15) is 17.6 Å². The Morgan fingerprint density at radius 1 is 1.42 bits per heavy atom. The van der Waals surface area contributed by atoms with Gasteiger partial charge in [-0.2, -0.15) is 0 Å². The molecule has 0 radical (unpaired) electrons. The number of nitrogens with one attached hydrogen (secondary N) is 1. The van der Waals surface area contributed by atoms with Gasteiger partial charge in [-0.05, 0) is 18.1 Å². The van der Waals surface area contributed by atoms with Gasteiger partial charge < -0.3 is 15.5 Å². The molecule has 1 unspecified atom stereocenters. The Hall–Kier alpha value is -2.11. The van der Waals surface area contributed by atoms with Gasteiger partial charge in [0.25, 0.3) is 5.91 Å². The van der Waals surface area contributed by atoms with E-state index in [1.165, 1.54) is 0 Å². The Balaban J connectivity index is 2.91. The first-order valence-corrected chi connectivity index (χ1v) is 5.89. The Morgan fingerprint density at radius 3 is 2.53 bits per heavy atom. The van der Waals surface area contributed by atoms with Crippen molar-refractivity contribution in [3.63, 3.8) is 0 Å². The van der Waals surface area contributed by atoms with E-state index in [-0.39, 0.29) is 11.5 Å². The number of carbonyl (C=O) groups excluding carboxylic acids is 1. The Labute approximate surface area is 110 Å². The molecule has 0 aliphatic heterocycles. The lowest BCUT2D eigenvalue weighted by atomic mass is 9.99. The molecule has 2 atom stereocenters. The van der Waals surface area contributed by atoms with E-state index in [9.17, 15) is 19.1 Å². The molecule has 5 nitrogen and oxygen atoms in total. The molecule has 0 fully saturated rings. The van der Waals surface area contributed by atoms with Gasteiger partial charge in [0, 0.05) is 6.07 Å². The minimum Gasteiger partial charge on any atom is -0.507 e. The van der Waals surface area contributed by atoms with Crippen LogP contribution in [-0.2, 0) is 4.79 Å². The Kier molecular flexibility index (Phi) is 4.86. The Morgan fingerprint density at radius 2 is 2.05 bits per heavy atom. The molecule has 1 aromatic carbocycles. The number of amides is 1. The molecule has 0 heterocycles. The molecule has 0 aliphatic carbocycles. The van der Waals surface area contributed by atoms with Crippen LogP contribution in [-0.4, -0.2) is 28.1 Å². The molecule has 1 aromatic rings. The number of hydrogen-bond donors (Lipinski definition) is 3. The third-order valence-corrected chi connectivity index (χ3v) is 2.97. The maximum absolute atomic E-state index is 12.8. The van der Waals surface area contributed by atoms with E-state index >= 15 is 0 Å². The fourth-order valence-corrected chi connectivity index (χ4v) is 1.60. The number of rotatable bonds is 5. The lowest BCUT2D eigenvalue weighted by Gasteiger charge is -2.20. The molecule has 3 N–H and O–H groups in total. The van der Waals surface area contributed by atoms with Crippen molar-refractivity contribution >= 4 is 11.9 Å². The topological polar surface area (TPSA) is 86.6 Å². The van der Waals surface area contributed by atoms with Crippen molar-refractivity contribution in [3.05, 3.63) is 29.6 Å². The van der Waals surface area contributed by atoms with Gasteiger partial charge in [0.2, 0.25) is 0 Å².